The Balaban J connectivity index is 1.93. The van der Waals surface area contributed by atoms with Crippen molar-refractivity contribution in [2.24, 2.45) is 0 Å². The van der Waals surface area contributed by atoms with Gasteiger partial charge in [0.2, 0.25) is 0 Å². The normalized spacial score (nSPS) is 17.3. The third-order valence-corrected chi connectivity index (χ3v) is 5.17. The summed E-state index contributed by atoms with van der Waals surface area (Å²) >= 11 is 1.40. The van der Waals surface area contributed by atoms with Gasteiger partial charge in [-0.2, -0.15) is 0 Å². The molecule has 1 atom stereocenters. The van der Waals surface area contributed by atoms with Crippen LogP contribution in [0.5, 0.6) is 11.5 Å². The lowest BCUT2D eigenvalue weighted by Gasteiger charge is -2.26. The van der Waals surface area contributed by atoms with E-state index in [1.807, 2.05) is 30.0 Å². The van der Waals surface area contributed by atoms with Gasteiger partial charge in [0.05, 0.1) is 31.5 Å². The molecule has 0 saturated carbocycles. The Bertz CT molecular complexity index is 714. The molecule has 3 rings (SSSR count). The first-order valence-electron chi connectivity index (χ1n) is 7.58. The highest BCUT2D eigenvalue weighted by molar-refractivity contribution is 7.11. The highest BCUT2D eigenvalue weighted by Crippen LogP contribution is 2.39. The fourth-order valence-electron chi connectivity index (χ4n) is 3.06. The Labute approximate surface area is 139 Å². The van der Waals surface area contributed by atoms with Crippen molar-refractivity contribution in [3.8, 4) is 11.5 Å². The Kier molecular flexibility index (Phi) is 4.52. The second-order valence-corrected chi connectivity index (χ2v) is 6.39. The number of hydrogen-bond donors (Lipinski definition) is 0. The van der Waals surface area contributed by atoms with Crippen LogP contribution in [0.4, 0.5) is 0 Å². The van der Waals surface area contributed by atoms with Crippen LogP contribution in [-0.2, 0) is 0 Å². The Morgan fingerprint density at radius 1 is 1.35 bits per heavy atom. The zero-order valence-electron chi connectivity index (χ0n) is 13.5. The van der Waals surface area contributed by atoms with E-state index in [9.17, 15) is 4.79 Å². The standard InChI is InChI=1S/C17H20N2O3S/c1-11-16(23-10-18-11)17(20)19-8-4-5-14(19)13-7-6-12(21-2)9-15(13)22-3/h6-7,9-10,14H,4-5,8H2,1-3H3. The number of aryl methyl sites for hydroxylation is 1. The first kappa shape index (κ1) is 15.8. The van der Waals surface area contributed by atoms with Crippen molar-refractivity contribution in [3.63, 3.8) is 0 Å². The van der Waals surface area contributed by atoms with E-state index in [0.29, 0.717) is 0 Å². The molecule has 122 valence electrons. The number of likely N-dealkylation sites (tertiary alicyclic amines) is 1. The topological polar surface area (TPSA) is 51.7 Å². The second kappa shape index (κ2) is 6.58. The Hall–Kier alpha value is -2.08. The SMILES string of the molecule is COc1ccc(C2CCCN2C(=O)c2scnc2C)c(OC)c1. The van der Waals surface area contributed by atoms with Crippen LogP contribution in [0.25, 0.3) is 0 Å². The summed E-state index contributed by atoms with van der Waals surface area (Å²) in [5, 5.41) is 0. The molecule has 0 aliphatic carbocycles. The minimum atomic E-state index is 0.0323. The number of amides is 1. The number of rotatable bonds is 4. The summed E-state index contributed by atoms with van der Waals surface area (Å²) in [6, 6.07) is 5.81. The molecule has 23 heavy (non-hydrogen) atoms. The zero-order valence-corrected chi connectivity index (χ0v) is 14.4. The van der Waals surface area contributed by atoms with Crippen LogP contribution in [-0.4, -0.2) is 36.6 Å². The maximum Gasteiger partial charge on any atom is 0.266 e. The minimum Gasteiger partial charge on any atom is -0.497 e. The van der Waals surface area contributed by atoms with E-state index in [1.54, 1.807) is 19.7 Å². The van der Waals surface area contributed by atoms with Gasteiger partial charge in [-0.3, -0.25) is 4.79 Å². The van der Waals surface area contributed by atoms with Crippen molar-refractivity contribution in [1.82, 2.24) is 9.88 Å². The molecule has 0 bridgehead atoms. The van der Waals surface area contributed by atoms with Gasteiger partial charge in [-0.05, 0) is 31.9 Å². The molecule has 5 nitrogen and oxygen atoms in total. The van der Waals surface area contributed by atoms with Crippen LogP contribution in [0.3, 0.4) is 0 Å². The third kappa shape index (κ3) is 2.91. The molecule has 6 heteroatoms. The number of methoxy groups -OCH3 is 2. The van der Waals surface area contributed by atoms with E-state index < -0.39 is 0 Å². The van der Waals surface area contributed by atoms with Gasteiger partial charge >= 0.3 is 0 Å². The molecule has 1 fully saturated rings. The monoisotopic (exact) mass is 332 g/mol. The highest BCUT2D eigenvalue weighted by atomic mass is 32.1. The number of nitrogens with zero attached hydrogens (tertiary/aromatic N) is 2. The molecule has 1 unspecified atom stereocenters. The van der Waals surface area contributed by atoms with Gasteiger partial charge in [0.15, 0.2) is 0 Å². The minimum absolute atomic E-state index is 0.0323. The molecule has 2 heterocycles. The van der Waals surface area contributed by atoms with Crippen molar-refractivity contribution in [2.75, 3.05) is 20.8 Å². The largest absolute Gasteiger partial charge is 0.497 e. The molecule has 1 aliphatic rings. The number of carbonyl (C=O) groups excluding carboxylic acids is 1. The maximum absolute atomic E-state index is 12.9. The summed E-state index contributed by atoms with van der Waals surface area (Å²) in [5.74, 6) is 1.57. The van der Waals surface area contributed by atoms with Crippen LogP contribution in [0.1, 0.15) is 39.8 Å². The molecule has 1 aliphatic heterocycles. The maximum atomic E-state index is 12.9. The van der Waals surface area contributed by atoms with Crippen molar-refractivity contribution >= 4 is 17.2 Å². The summed E-state index contributed by atoms with van der Waals surface area (Å²) in [4.78, 5) is 19.7. The second-order valence-electron chi connectivity index (χ2n) is 5.53. The predicted octanol–water partition coefficient (Wildman–Crippen LogP) is 3.45. The number of ether oxygens (including phenoxy) is 2. The lowest BCUT2D eigenvalue weighted by atomic mass is 10.0. The van der Waals surface area contributed by atoms with Crippen LogP contribution >= 0.6 is 11.3 Å². The first-order valence-corrected chi connectivity index (χ1v) is 8.46. The van der Waals surface area contributed by atoms with Gasteiger partial charge in [-0.1, -0.05) is 0 Å². The molecule has 1 amide bonds. The lowest BCUT2D eigenvalue weighted by molar-refractivity contribution is 0.0738. The van der Waals surface area contributed by atoms with E-state index in [1.165, 1.54) is 11.3 Å². The average Bonchev–Trinajstić information content (AvgIpc) is 3.22. The van der Waals surface area contributed by atoms with E-state index in [2.05, 4.69) is 4.98 Å². The fourth-order valence-corrected chi connectivity index (χ4v) is 3.82. The summed E-state index contributed by atoms with van der Waals surface area (Å²) in [6.07, 6.45) is 1.93. The lowest BCUT2D eigenvalue weighted by Crippen LogP contribution is -2.30. The predicted molar refractivity (Wildman–Crippen MR) is 89.4 cm³/mol. The van der Waals surface area contributed by atoms with Gasteiger partial charge in [0, 0.05) is 18.2 Å². The molecule has 0 radical (unpaired) electrons. The molecule has 1 aromatic heterocycles. The molecular weight excluding hydrogens is 312 g/mol. The molecular formula is C17H20N2O3S. The average molecular weight is 332 g/mol. The van der Waals surface area contributed by atoms with Crippen LogP contribution in [0.2, 0.25) is 0 Å². The van der Waals surface area contributed by atoms with E-state index in [-0.39, 0.29) is 11.9 Å². The molecule has 0 spiro atoms. The van der Waals surface area contributed by atoms with Crippen molar-refractivity contribution in [2.45, 2.75) is 25.8 Å². The Morgan fingerprint density at radius 2 is 2.17 bits per heavy atom. The van der Waals surface area contributed by atoms with Crippen LogP contribution < -0.4 is 9.47 Å². The highest BCUT2D eigenvalue weighted by Gasteiger charge is 2.33. The number of thiazole rings is 1. The first-order chi connectivity index (χ1) is 11.2. The number of benzene rings is 1. The van der Waals surface area contributed by atoms with E-state index in [0.717, 1.165) is 47.0 Å². The number of aromatic nitrogens is 1. The quantitative estimate of drug-likeness (QED) is 0.860. The third-order valence-electron chi connectivity index (χ3n) is 4.25. The van der Waals surface area contributed by atoms with Gasteiger partial charge in [-0.15, -0.1) is 11.3 Å². The number of carbonyl (C=O) groups is 1. The molecule has 0 N–H and O–H groups in total. The van der Waals surface area contributed by atoms with Crippen molar-refractivity contribution in [3.05, 3.63) is 39.8 Å². The number of hydrogen-bond acceptors (Lipinski definition) is 5. The van der Waals surface area contributed by atoms with Crippen molar-refractivity contribution in [1.29, 1.82) is 0 Å². The van der Waals surface area contributed by atoms with E-state index >= 15 is 0 Å². The van der Waals surface area contributed by atoms with E-state index in [4.69, 9.17) is 9.47 Å². The zero-order chi connectivity index (χ0) is 16.4. The van der Waals surface area contributed by atoms with Gasteiger partial charge in [0.25, 0.3) is 5.91 Å². The van der Waals surface area contributed by atoms with Gasteiger partial charge in [-0.25, -0.2) is 4.98 Å². The summed E-state index contributed by atoms with van der Waals surface area (Å²) in [5.41, 5.74) is 3.55. The fraction of sp³-hybridized carbons (Fsp3) is 0.412. The summed E-state index contributed by atoms with van der Waals surface area (Å²) < 4.78 is 10.8. The molecule has 1 aromatic carbocycles. The summed E-state index contributed by atoms with van der Waals surface area (Å²) in [7, 11) is 3.28. The summed E-state index contributed by atoms with van der Waals surface area (Å²) in [6.45, 7) is 2.64. The van der Waals surface area contributed by atoms with Crippen molar-refractivity contribution < 1.29 is 14.3 Å². The van der Waals surface area contributed by atoms with Gasteiger partial charge < -0.3 is 14.4 Å². The van der Waals surface area contributed by atoms with Crippen LogP contribution in [0, 0.1) is 6.92 Å². The Morgan fingerprint density at radius 3 is 2.83 bits per heavy atom. The smallest absolute Gasteiger partial charge is 0.266 e. The van der Waals surface area contributed by atoms with Crippen LogP contribution in [0.15, 0.2) is 23.7 Å². The molecule has 2 aromatic rings. The molecule has 1 saturated heterocycles. The van der Waals surface area contributed by atoms with Gasteiger partial charge in [0.1, 0.15) is 16.4 Å².